The lowest BCUT2D eigenvalue weighted by Gasteiger charge is -2.30. The Morgan fingerprint density at radius 1 is 0.544 bits per heavy atom. The van der Waals surface area contributed by atoms with Gasteiger partial charge in [0.25, 0.3) is 7.82 Å². The molecule has 0 heterocycles. The molecule has 57 heavy (non-hydrogen) atoms. The van der Waals surface area contributed by atoms with E-state index >= 15 is 0 Å². The highest BCUT2D eigenvalue weighted by atomic mass is 31.2. The van der Waals surface area contributed by atoms with E-state index in [-0.39, 0.29) is 19.1 Å². The molecule has 3 atom stereocenters. The largest absolute Gasteiger partial charge is 0.756 e. The molecule has 1 amide bonds. The van der Waals surface area contributed by atoms with Crippen LogP contribution in [-0.4, -0.2) is 68.5 Å². The van der Waals surface area contributed by atoms with Gasteiger partial charge in [-0.2, -0.15) is 0 Å². The first-order valence-electron chi connectivity index (χ1n) is 24.9. The van der Waals surface area contributed by atoms with Crippen LogP contribution in [0.4, 0.5) is 0 Å². The van der Waals surface area contributed by atoms with Gasteiger partial charge in [-0.25, -0.2) is 0 Å². The molecular formula is C48H99N2O6P. The Morgan fingerprint density at radius 3 is 1.19 bits per heavy atom. The number of hydrogen-bond acceptors (Lipinski definition) is 6. The second-order valence-corrected chi connectivity index (χ2v) is 19.9. The molecule has 3 unspecified atom stereocenters. The van der Waals surface area contributed by atoms with E-state index in [1.54, 1.807) is 0 Å². The summed E-state index contributed by atoms with van der Waals surface area (Å²) in [5, 5.41) is 14.0. The first kappa shape index (κ1) is 56.5. The van der Waals surface area contributed by atoms with Crippen LogP contribution in [0.25, 0.3) is 0 Å². The summed E-state index contributed by atoms with van der Waals surface area (Å²) < 4.78 is 23.3. The molecule has 2 N–H and O–H groups in total. The van der Waals surface area contributed by atoms with Crippen molar-refractivity contribution in [2.24, 2.45) is 0 Å². The van der Waals surface area contributed by atoms with Gasteiger partial charge in [0, 0.05) is 6.42 Å². The molecule has 8 nitrogen and oxygen atoms in total. The van der Waals surface area contributed by atoms with Gasteiger partial charge in [0.05, 0.1) is 39.9 Å². The first-order chi connectivity index (χ1) is 27.5. The topological polar surface area (TPSA) is 108 Å². The van der Waals surface area contributed by atoms with Crippen LogP contribution in [0, 0.1) is 0 Å². The van der Waals surface area contributed by atoms with Gasteiger partial charge in [-0.15, -0.1) is 0 Å². The Morgan fingerprint density at radius 2 is 0.860 bits per heavy atom. The van der Waals surface area contributed by atoms with Crippen LogP contribution in [-0.2, 0) is 18.4 Å². The third-order valence-corrected chi connectivity index (χ3v) is 12.6. The Kier molecular flexibility index (Phi) is 40.5. The third kappa shape index (κ3) is 43.4. The number of carbonyl (C=O) groups excluding carboxylic acids is 1. The van der Waals surface area contributed by atoms with Crippen LogP contribution < -0.4 is 10.2 Å². The van der Waals surface area contributed by atoms with Crippen molar-refractivity contribution in [3.05, 3.63) is 0 Å². The number of nitrogens with one attached hydrogen (secondary N) is 1. The second kappa shape index (κ2) is 40.9. The maximum Gasteiger partial charge on any atom is 0.268 e. The van der Waals surface area contributed by atoms with Gasteiger partial charge < -0.3 is 28.8 Å². The first-order valence-corrected chi connectivity index (χ1v) is 26.3. The summed E-state index contributed by atoms with van der Waals surface area (Å²) in [5.74, 6) is -0.159. The van der Waals surface area contributed by atoms with Gasteiger partial charge in [0.1, 0.15) is 13.2 Å². The number of amides is 1. The molecule has 0 aliphatic carbocycles. The van der Waals surface area contributed by atoms with Gasteiger partial charge >= 0.3 is 0 Å². The van der Waals surface area contributed by atoms with Crippen molar-refractivity contribution >= 4 is 13.7 Å². The summed E-state index contributed by atoms with van der Waals surface area (Å²) in [5.41, 5.74) is 0. The van der Waals surface area contributed by atoms with Crippen molar-refractivity contribution in [2.45, 2.75) is 264 Å². The number of nitrogens with zero attached hydrogens (tertiary/aromatic N) is 1. The number of phosphoric ester groups is 1. The molecule has 0 aromatic carbocycles. The number of unbranched alkanes of at least 4 members (excludes halogenated alkanes) is 33. The van der Waals surface area contributed by atoms with E-state index in [4.69, 9.17) is 9.05 Å². The Balaban J connectivity index is 4.25. The van der Waals surface area contributed by atoms with Crippen LogP contribution in [0.5, 0.6) is 0 Å². The normalized spacial score (nSPS) is 14.2. The summed E-state index contributed by atoms with van der Waals surface area (Å²) in [6.07, 6.45) is 45.3. The van der Waals surface area contributed by atoms with E-state index in [9.17, 15) is 19.4 Å². The number of aliphatic hydroxyl groups is 1. The summed E-state index contributed by atoms with van der Waals surface area (Å²) >= 11 is 0. The molecule has 0 fully saturated rings. The summed E-state index contributed by atoms with van der Waals surface area (Å²) in [7, 11) is 1.32. The number of rotatable bonds is 46. The molecule has 0 aliphatic heterocycles. The molecular weight excluding hydrogens is 732 g/mol. The molecule has 0 radical (unpaired) electrons. The number of hydrogen-bond donors (Lipinski definition) is 2. The summed E-state index contributed by atoms with van der Waals surface area (Å²) in [4.78, 5) is 25.4. The molecule has 0 spiro atoms. The van der Waals surface area contributed by atoms with Gasteiger partial charge in [0.15, 0.2) is 0 Å². The van der Waals surface area contributed by atoms with Gasteiger partial charge in [-0.05, 0) is 12.8 Å². The van der Waals surface area contributed by atoms with Crippen molar-refractivity contribution in [1.82, 2.24) is 5.32 Å². The Bertz CT molecular complexity index is 901. The molecule has 0 saturated heterocycles. The standard InChI is InChI=1S/C48H99N2O6P/c1-6-8-10-12-14-16-18-20-22-24-26-28-30-32-34-36-38-40-42-48(52)49-46(45-56-57(53,54)55-44-43-50(3,4)5)47(51)41-39-37-35-33-31-29-27-25-23-21-19-17-15-13-11-9-7-2/h46-47,51H,6-45H2,1-5H3,(H-,49,52,53,54). The lowest BCUT2D eigenvalue weighted by Crippen LogP contribution is -2.46. The van der Waals surface area contributed by atoms with Crippen molar-refractivity contribution in [3.8, 4) is 0 Å². The molecule has 0 aromatic heterocycles. The Hall–Kier alpha value is -0.500. The fourth-order valence-electron chi connectivity index (χ4n) is 7.63. The van der Waals surface area contributed by atoms with E-state index in [0.29, 0.717) is 23.9 Å². The van der Waals surface area contributed by atoms with Gasteiger partial charge in [0.2, 0.25) is 5.91 Å². The van der Waals surface area contributed by atoms with E-state index in [1.165, 1.54) is 186 Å². The number of quaternary nitrogens is 1. The van der Waals surface area contributed by atoms with E-state index in [2.05, 4.69) is 19.2 Å². The minimum Gasteiger partial charge on any atom is -0.756 e. The predicted molar refractivity (Wildman–Crippen MR) is 243 cm³/mol. The fraction of sp³-hybridized carbons (Fsp3) is 0.979. The predicted octanol–water partition coefficient (Wildman–Crippen LogP) is 13.5. The fourth-order valence-corrected chi connectivity index (χ4v) is 8.35. The van der Waals surface area contributed by atoms with Crippen molar-refractivity contribution in [1.29, 1.82) is 0 Å². The van der Waals surface area contributed by atoms with Gasteiger partial charge in [-0.1, -0.05) is 232 Å². The van der Waals surface area contributed by atoms with E-state index in [0.717, 1.165) is 38.5 Å². The van der Waals surface area contributed by atoms with E-state index in [1.807, 2.05) is 21.1 Å². The number of phosphoric acid groups is 1. The molecule has 0 rings (SSSR count). The molecule has 0 aromatic rings. The van der Waals surface area contributed by atoms with Crippen LogP contribution in [0.2, 0.25) is 0 Å². The number of carbonyl (C=O) groups is 1. The highest BCUT2D eigenvalue weighted by Crippen LogP contribution is 2.38. The molecule has 0 saturated carbocycles. The minimum absolute atomic E-state index is 0.0163. The van der Waals surface area contributed by atoms with Crippen LogP contribution >= 0.6 is 7.82 Å². The highest BCUT2D eigenvalue weighted by Gasteiger charge is 2.24. The number of aliphatic hydroxyl groups excluding tert-OH is 1. The lowest BCUT2D eigenvalue weighted by atomic mass is 10.0. The number of likely N-dealkylation sites (N-methyl/N-ethyl adjacent to an activating group) is 1. The zero-order valence-corrected chi connectivity index (χ0v) is 39.7. The third-order valence-electron chi connectivity index (χ3n) is 11.6. The maximum absolute atomic E-state index is 12.9. The molecule has 9 heteroatoms. The van der Waals surface area contributed by atoms with Crippen LogP contribution in [0.3, 0.4) is 0 Å². The summed E-state index contributed by atoms with van der Waals surface area (Å²) in [6, 6.07) is -0.793. The highest BCUT2D eigenvalue weighted by molar-refractivity contribution is 7.45. The van der Waals surface area contributed by atoms with Crippen molar-refractivity contribution < 1.29 is 32.9 Å². The molecule has 342 valence electrons. The molecule has 0 bridgehead atoms. The molecule has 0 aliphatic rings. The second-order valence-electron chi connectivity index (χ2n) is 18.5. The zero-order chi connectivity index (χ0) is 42.1. The quantitative estimate of drug-likeness (QED) is 0.0359. The average molecular weight is 831 g/mol. The minimum atomic E-state index is -4.56. The Labute approximate surface area is 355 Å². The zero-order valence-electron chi connectivity index (χ0n) is 38.8. The van der Waals surface area contributed by atoms with Gasteiger partial charge in [-0.3, -0.25) is 9.36 Å². The SMILES string of the molecule is CCCCCCCCCCCCCCCCCCCCC(=O)NC(COP(=O)([O-])OCC[N+](C)(C)C)C(O)CCCCCCCCCCCCCCCCCCC. The smallest absolute Gasteiger partial charge is 0.268 e. The van der Waals surface area contributed by atoms with Crippen molar-refractivity contribution in [2.75, 3.05) is 40.9 Å². The summed E-state index contributed by atoms with van der Waals surface area (Å²) in [6.45, 7) is 4.76. The van der Waals surface area contributed by atoms with Crippen LogP contribution in [0.1, 0.15) is 251 Å². The lowest BCUT2D eigenvalue weighted by molar-refractivity contribution is -0.870. The monoisotopic (exact) mass is 831 g/mol. The van der Waals surface area contributed by atoms with E-state index < -0.39 is 20.0 Å². The maximum atomic E-state index is 12.9. The van der Waals surface area contributed by atoms with Crippen molar-refractivity contribution in [3.63, 3.8) is 0 Å². The average Bonchev–Trinajstić information content (AvgIpc) is 3.16. The van der Waals surface area contributed by atoms with Crippen LogP contribution in [0.15, 0.2) is 0 Å².